The molecule has 1 N–H and O–H groups in total. The minimum Gasteiger partial charge on any atom is -0.279 e. The van der Waals surface area contributed by atoms with Crippen molar-refractivity contribution in [3.05, 3.63) is 51.8 Å². The number of hydrogen-bond acceptors (Lipinski definition) is 5. The van der Waals surface area contributed by atoms with Crippen LogP contribution in [0, 0.1) is 13.8 Å². The average Bonchev–Trinajstić information content (AvgIpc) is 3.15. The van der Waals surface area contributed by atoms with Crippen molar-refractivity contribution in [3.63, 3.8) is 0 Å². The molecule has 25 heavy (non-hydrogen) atoms. The van der Waals surface area contributed by atoms with Gasteiger partial charge in [0.1, 0.15) is 9.22 Å². The summed E-state index contributed by atoms with van der Waals surface area (Å²) in [6.45, 7) is 8.08. The van der Waals surface area contributed by atoms with Crippen LogP contribution in [0.2, 0.25) is 0 Å². The van der Waals surface area contributed by atoms with E-state index in [4.69, 9.17) is 0 Å². The normalized spacial score (nSPS) is 11.9. The van der Waals surface area contributed by atoms with Crippen molar-refractivity contribution < 1.29 is 8.42 Å². The molecule has 0 aliphatic carbocycles. The Kier molecular flexibility index (Phi) is 4.99. The minimum absolute atomic E-state index is 0.294. The molecule has 3 aromatic rings. The third-order valence-electron chi connectivity index (χ3n) is 3.67. The Bertz CT molecular complexity index is 981. The molecule has 2 aromatic heterocycles. The first-order valence-electron chi connectivity index (χ1n) is 7.90. The molecule has 0 spiro atoms. The second-order valence-corrected chi connectivity index (χ2v) is 10.0. The van der Waals surface area contributed by atoms with E-state index in [-0.39, 0.29) is 0 Å². The quantitative estimate of drug-likeness (QED) is 0.631. The summed E-state index contributed by atoms with van der Waals surface area (Å²) in [5.74, 6) is 0.359. The summed E-state index contributed by atoms with van der Waals surface area (Å²) in [7, 11) is -3.60. The van der Waals surface area contributed by atoms with Crippen LogP contribution < -0.4 is 4.72 Å². The number of aryl methyl sites for hydroxylation is 2. The molecule has 1 aromatic carbocycles. The first-order valence-corrected chi connectivity index (χ1v) is 11.1. The van der Waals surface area contributed by atoms with Gasteiger partial charge in [0, 0.05) is 22.0 Å². The van der Waals surface area contributed by atoms with E-state index in [0.29, 0.717) is 15.8 Å². The van der Waals surface area contributed by atoms with Crippen LogP contribution in [0.4, 0.5) is 5.69 Å². The zero-order valence-corrected chi connectivity index (χ0v) is 17.0. The topological polar surface area (TPSA) is 59.1 Å². The summed E-state index contributed by atoms with van der Waals surface area (Å²) in [6.07, 6.45) is 0. The van der Waals surface area contributed by atoms with Crippen LogP contribution in [0.15, 0.2) is 39.2 Å². The number of benzene rings is 1. The smallest absolute Gasteiger partial charge is 0.271 e. The van der Waals surface area contributed by atoms with Crippen LogP contribution in [0.5, 0.6) is 0 Å². The van der Waals surface area contributed by atoms with E-state index in [1.165, 1.54) is 11.3 Å². The standard InChI is InChI=1S/C18H20N2O2S3/c1-11(2)16-10-24-18(19-16)14-8-17(23-9-14)25(21,22)20-15-6-12(3)5-13(4)7-15/h5-11,20H,1-4H3. The highest BCUT2D eigenvalue weighted by molar-refractivity contribution is 7.94. The average molecular weight is 393 g/mol. The van der Waals surface area contributed by atoms with Gasteiger partial charge in [0.2, 0.25) is 0 Å². The van der Waals surface area contributed by atoms with E-state index < -0.39 is 10.0 Å². The summed E-state index contributed by atoms with van der Waals surface area (Å²) in [6, 6.07) is 7.36. The van der Waals surface area contributed by atoms with Gasteiger partial charge >= 0.3 is 0 Å². The molecule has 132 valence electrons. The molecule has 0 saturated heterocycles. The van der Waals surface area contributed by atoms with E-state index >= 15 is 0 Å². The van der Waals surface area contributed by atoms with Crippen LogP contribution >= 0.6 is 22.7 Å². The molecule has 0 aliphatic rings. The fourth-order valence-corrected chi connectivity index (χ4v) is 5.74. The second-order valence-electron chi connectivity index (χ2n) is 6.37. The summed E-state index contributed by atoms with van der Waals surface area (Å²) in [5, 5.41) is 4.73. The molecule has 2 heterocycles. The first kappa shape index (κ1) is 18.1. The van der Waals surface area contributed by atoms with Gasteiger partial charge in [-0.3, -0.25) is 4.72 Å². The Balaban J connectivity index is 1.87. The highest BCUT2D eigenvalue weighted by Gasteiger charge is 2.19. The van der Waals surface area contributed by atoms with Gasteiger partial charge in [0.25, 0.3) is 10.0 Å². The molecule has 0 amide bonds. The van der Waals surface area contributed by atoms with E-state index in [0.717, 1.165) is 27.4 Å². The number of anilines is 1. The van der Waals surface area contributed by atoms with Crippen LogP contribution in [0.25, 0.3) is 10.6 Å². The third kappa shape index (κ3) is 4.11. The largest absolute Gasteiger partial charge is 0.279 e. The predicted octanol–water partition coefficient (Wildman–Crippen LogP) is 5.41. The third-order valence-corrected chi connectivity index (χ3v) is 7.41. The summed E-state index contributed by atoms with van der Waals surface area (Å²) >= 11 is 2.76. The fraction of sp³-hybridized carbons (Fsp3) is 0.278. The van der Waals surface area contributed by atoms with Crippen molar-refractivity contribution in [1.82, 2.24) is 4.98 Å². The molecule has 7 heteroatoms. The van der Waals surface area contributed by atoms with Gasteiger partial charge in [0.15, 0.2) is 0 Å². The number of thiazole rings is 1. The zero-order chi connectivity index (χ0) is 18.2. The van der Waals surface area contributed by atoms with Gasteiger partial charge in [-0.15, -0.1) is 22.7 Å². The highest BCUT2D eigenvalue weighted by atomic mass is 32.2. The Morgan fingerprint density at radius 3 is 2.28 bits per heavy atom. The van der Waals surface area contributed by atoms with E-state index in [2.05, 4.69) is 23.6 Å². The molecule has 0 saturated carbocycles. The maximum atomic E-state index is 12.7. The lowest BCUT2D eigenvalue weighted by Gasteiger charge is -2.08. The number of sulfonamides is 1. The van der Waals surface area contributed by atoms with Crippen LogP contribution in [-0.2, 0) is 10.0 Å². The molecule has 0 bridgehead atoms. The number of nitrogens with zero attached hydrogens (tertiary/aromatic N) is 1. The number of rotatable bonds is 5. The van der Waals surface area contributed by atoms with Crippen molar-refractivity contribution >= 4 is 38.4 Å². The molecule has 0 unspecified atom stereocenters. The summed E-state index contributed by atoms with van der Waals surface area (Å²) in [5.41, 5.74) is 4.51. The van der Waals surface area contributed by atoms with Crippen LogP contribution in [0.1, 0.15) is 36.6 Å². The number of hydrogen-bond donors (Lipinski definition) is 1. The summed E-state index contributed by atoms with van der Waals surface area (Å²) < 4.78 is 28.3. The van der Waals surface area contributed by atoms with Gasteiger partial charge in [-0.1, -0.05) is 19.9 Å². The fourth-order valence-electron chi connectivity index (χ4n) is 2.49. The lowest BCUT2D eigenvalue weighted by molar-refractivity contribution is 0.603. The Morgan fingerprint density at radius 2 is 1.68 bits per heavy atom. The molecule has 0 atom stereocenters. The molecule has 0 fully saturated rings. The van der Waals surface area contributed by atoms with Gasteiger partial charge in [-0.05, 0) is 49.1 Å². The Hall–Kier alpha value is -1.70. The lowest BCUT2D eigenvalue weighted by atomic mass is 10.1. The SMILES string of the molecule is Cc1cc(C)cc(NS(=O)(=O)c2cc(-c3nc(C(C)C)cs3)cs2)c1. The van der Waals surface area contributed by atoms with E-state index in [1.807, 2.05) is 42.8 Å². The van der Waals surface area contributed by atoms with Crippen LogP contribution in [0.3, 0.4) is 0 Å². The van der Waals surface area contributed by atoms with Crippen molar-refractivity contribution in [1.29, 1.82) is 0 Å². The van der Waals surface area contributed by atoms with Crippen molar-refractivity contribution in [2.24, 2.45) is 0 Å². The van der Waals surface area contributed by atoms with E-state index in [1.54, 1.807) is 17.4 Å². The highest BCUT2D eigenvalue weighted by Crippen LogP contribution is 2.33. The van der Waals surface area contributed by atoms with Gasteiger partial charge in [-0.25, -0.2) is 13.4 Å². The van der Waals surface area contributed by atoms with Crippen molar-refractivity contribution in [2.45, 2.75) is 37.8 Å². The summed E-state index contributed by atoms with van der Waals surface area (Å²) in [4.78, 5) is 4.59. The minimum atomic E-state index is -3.60. The molecule has 0 aliphatic heterocycles. The van der Waals surface area contributed by atoms with Crippen molar-refractivity contribution in [2.75, 3.05) is 4.72 Å². The lowest BCUT2D eigenvalue weighted by Crippen LogP contribution is -2.11. The first-order chi connectivity index (χ1) is 11.7. The Labute approximate surface area is 156 Å². The van der Waals surface area contributed by atoms with Gasteiger partial charge in [-0.2, -0.15) is 0 Å². The maximum absolute atomic E-state index is 12.7. The maximum Gasteiger partial charge on any atom is 0.271 e. The predicted molar refractivity (Wildman–Crippen MR) is 106 cm³/mol. The van der Waals surface area contributed by atoms with E-state index in [9.17, 15) is 8.42 Å². The van der Waals surface area contributed by atoms with Crippen molar-refractivity contribution in [3.8, 4) is 10.6 Å². The molecular formula is C18H20N2O2S3. The second kappa shape index (κ2) is 6.90. The molecule has 4 nitrogen and oxygen atoms in total. The number of thiophene rings is 1. The van der Waals surface area contributed by atoms with Gasteiger partial charge in [0.05, 0.1) is 5.69 Å². The molecule has 0 radical (unpaired) electrons. The molecule has 3 rings (SSSR count). The molecular weight excluding hydrogens is 372 g/mol. The zero-order valence-electron chi connectivity index (χ0n) is 14.5. The van der Waals surface area contributed by atoms with Gasteiger partial charge < -0.3 is 0 Å². The number of aromatic nitrogens is 1. The monoisotopic (exact) mass is 392 g/mol. The number of nitrogens with one attached hydrogen (secondary N) is 1. The Morgan fingerprint density at radius 1 is 1.00 bits per heavy atom. The van der Waals surface area contributed by atoms with Crippen LogP contribution in [-0.4, -0.2) is 13.4 Å².